The van der Waals surface area contributed by atoms with Gasteiger partial charge >= 0.3 is 0 Å². The van der Waals surface area contributed by atoms with Crippen LogP contribution in [0.15, 0.2) is 22.7 Å². The number of benzene rings is 1. The van der Waals surface area contributed by atoms with Crippen LogP contribution in [0.2, 0.25) is 0 Å². The van der Waals surface area contributed by atoms with Gasteiger partial charge in [0.2, 0.25) is 10.0 Å². The summed E-state index contributed by atoms with van der Waals surface area (Å²) in [5, 5.41) is 8.36. The lowest BCUT2D eigenvalue weighted by molar-refractivity contribution is 0.477. The van der Waals surface area contributed by atoms with E-state index in [1.807, 2.05) is 4.72 Å². The summed E-state index contributed by atoms with van der Waals surface area (Å²) in [6.45, 7) is 0. The molecule has 0 heterocycles. The highest BCUT2D eigenvalue weighted by Crippen LogP contribution is 2.27. The third kappa shape index (κ3) is 4.92. The van der Waals surface area contributed by atoms with E-state index in [9.17, 15) is 21.9 Å². The van der Waals surface area contributed by atoms with E-state index in [2.05, 4.69) is 15.9 Å². The number of nitrogens with one attached hydrogen (secondary N) is 1. The molecule has 0 aliphatic heterocycles. The van der Waals surface area contributed by atoms with Crippen molar-refractivity contribution in [3.05, 3.63) is 22.7 Å². The minimum absolute atomic E-state index is 0.0805. The van der Waals surface area contributed by atoms with Gasteiger partial charge < -0.3 is 5.11 Å². The van der Waals surface area contributed by atoms with Gasteiger partial charge in [0, 0.05) is 10.7 Å². The third-order valence-electron chi connectivity index (χ3n) is 1.59. The standard InChI is InChI=1S/C8H10BrNO5S2/c1-16(12,13)5-17(14,15)10-7-4-6(9)2-3-8(7)11/h2-4,10-11H,5H2,1H3. The molecule has 0 unspecified atom stereocenters. The second kappa shape index (κ2) is 4.83. The van der Waals surface area contributed by atoms with Crippen molar-refractivity contribution >= 4 is 41.5 Å². The number of hydrogen-bond donors (Lipinski definition) is 2. The molecule has 1 rings (SSSR count). The average molecular weight is 344 g/mol. The smallest absolute Gasteiger partial charge is 0.247 e. The lowest BCUT2D eigenvalue weighted by Gasteiger charge is -2.08. The molecule has 0 saturated carbocycles. The third-order valence-corrected chi connectivity index (χ3v) is 5.57. The van der Waals surface area contributed by atoms with E-state index in [1.54, 1.807) is 0 Å². The van der Waals surface area contributed by atoms with Gasteiger partial charge in [-0.05, 0) is 18.2 Å². The molecule has 0 bridgehead atoms. The molecule has 6 nitrogen and oxygen atoms in total. The number of halogens is 1. The second-order valence-corrected chi connectivity index (χ2v) is 8.57. The van der Waals surface area contributed by atoms with Gasteiger partial charge in [0.05, 0.1) is 5.69 Å². The Kier molecular flexibility index (Phi) is 4.05. The van der Waals surface area contributed by atoms with Crippen LogP contribution in [-0.4, -0.2) is 33.3 Å². The highest BCUT2D eigenvalue weighted by Gasteiger charge is 2.19. The van der Waals surface area contributed by atoms with Crippen molar-refractivity contribution in [3.8, 4) is 5.75 Å². The van der Waals surface area contributed by atoms with Crippen molar-refractivity contribution in [3.63, 3.8) is 0 Å². The molecule has 17 heavy (non-hydrogen) atoms. The summed E-state index contributed by atoms with van der Waals surface area (Å²) in [6.07, 6.45) is 0.812. The molecule has 2 N–H and O–H groups in total. The summed E-state index contributed by atoms with van der Waals surface area (Å²) in [4.78, 5) is 0. The zero-order valence-electron chi connectivity index (χ0n) is 8.71. The Balaban J connectivity index is 3.02. The zero-order chi connectivity index (χ0) is 13.3. The van der Waals surface area contributed by atoms with Gasteiger partial charge in [-0.3, -0.25) is 4.72 Å². The highest BCUT2D eigenvalue weighted by atomic mass is 79.9. The number of sulfonamides is 1. The first kappa shape index (κ1) is 14.3. The van der Waals surface area contributed by atoms with Crippen molar-refractivity contribution in [2.75, 3.05) is 16.1 Å². The SMILES string of the molecule is CS(=O)(=O)CS(=O)(=O)Nc1cc(Br)ccc1O. The zero-order valence-corrected chi connectivity index (χ0v) is 11.9. The molecule has 1 aromatic rings. The molecule has 0 fully saturated rings. The molecular weight excluding hydrogens is 334 g/mol. The Labute approximate surface area is 108 Å². The number of aromatic hydroxyl groups is 1. The summed E-state index contributed by atoms with van der Waals surface area (Å²) in [5.74, 6) is -0.287. The van der Waals surface area contributed by atoms with E-state index in [0.29, 0.717) is 4.47 Å². The molecule has 0 saturated heterocycles. The molecule has 0 aliphatic rings. The van der Waals surface area contributed by atoms with Gasteiger partial charge in [-0.1, -0.05) is 15.9 Å². The van der Waals surface area contributed by atoms with Crippen LogP contribution in [0.5, 0.6) is 5.75 Å². The molecule has 0 amide bonds. The Morgan fingerprint density at radius 3 is 2.41 bits per heavy atom. The first-order valence-corrected chi connectivity index (χ1v) is 8.76. The maximum Gasteiger partial charge on any atom is 0.247 e. The predicted octanol–water partition coefficient (Wildman–Crippen LogP) is 0.898. The second-order valence-electron chi connectivity index (χ2n) is 3.42. The van der Waals surface area contributed by atoms with Crippen LogP contribution in [0.3, 0.4) is 0 Å². The van der Waals surface area contributed by atoms with Gasteiger partial charge in [-0.25, -0.2) is 16.8 Å². The maximum atomic E-state index is 11.5. The summed E-state index contributed by atoms with van der Waals surface area (Å²) < 4.78 is 47.3. The van der Waals surface area contributed by atoms with Crippen molar-refractivity contribution < 1.29 is 21.9 Å². The monoisotopic (exact) mass is 343 g/mol. The molecule has 0 radical (unpaired) electrons. The predicted molar refractivity (Wildman–Crippen MR) is 68.1 cm³/mol. The summed E-state index contributed by atoms with van der Waals surface area (Å²) in [7, 11) is -7.72. The van der Waals surface area contributed by atoms with Crippen LogP contribution >= 0.6 is 15.9 Å². The van der Waals surface area contributed by atoms with Gasteiger partial charge in [0.25, 0.3) is 0 Å². The van der Waals surface area contributed by atoms with E-state index in [0.717, 1.165) is 6.26 Å². The molecule has 96 valence electrons. The van der Waals surface area contributed by atoms with E-state index in [4.69, 9.17) is 0 Å². The lowest BCUT2D eigenvalue weighted by atomic mass is 10.3. The molecule has 0 spiro atoms. The average Bonchev–Trinajstić information content (AvgIpc) is 2.06. The van der Waals surface area contributed by atoms with E-state index in [1.165, 1.54) is 18.2 Å². The van der Waals surface area contributed by atoms with Crippen LogP contribution in [0.4, 0.5) is 5.69 Å². The highest BCUT2D eigenvalue weighted by molar-refractivity contribution is 9.10. The van der Waals surface area contributed by atoms with Crippen molar-refractivity contribution in [2.45, 2.75) is 0 Å². The van der Waals surface area contributed by atoms with Crippen LogP contribution in [0.25, 0.3) is 0 Å². The maximum absolute atomic E-state index is 11.5. The van der Waals surface area contributed by atoms with Crippen LogP contribution < -0.4 is 4.72 Å². The Hall–Kier alpha value is -0.800. The quantitative estimate of drug-likeness (QED) is 0.791. The fourth-order valence-corrected chi connectivity index (χ4v) is 4.42. The van der Waals surface area contributed by atoms with E-state index < -0.39 is 24.9 Å². The number of hydrogen-bond acceptors (Lipinski definition) is 5. The minimum atomic E-state index is -4.05. The molecule has 9 heteroatoms. The number of phenols is 1. The first-order valence-electron chi connectivity index (χ1n) is 4.26. The summed E-state index contributed by atoms with van der Waals surface area (Å²) in [5.41, 5.74) is -0.0805. The number of phenolic OH excluding ortho intramolecular Hbond substituents is 1. The molecular formula is C8H10BrNO5S2. The van der Waals surface area contributed by atoms with Gasteiger partial charge in [-0.15, -0.1) is 0 Å². The fourth-order valence-electron chi connectivity index (χ4n) is 1.07. The number of anilines is 1. The Bertz CT molecular complexity index is 623. The van der Waals surface area contributed by atoms with Crippen LogP contribution in [0.1, 0.15) is 0 Å². The van der Waals surface area contributed by atoms with Crippen LogP contribution in [-0.2, 0) is 19.9 Å². The first-order chi connectivity index (χ1) is 7.59. The lowest BCUT2D eigenvalue weighted by Crippen LogP contribution is -2.22. The summed E-state index contributed by atoms with van der Waals surface area (Å²) >= 11 is 3.10. The van der Waals surface area contributed by atoms with Gasteiger partial charge in [0.15, 0.2) is 14.9 Å². The largest absolute Gasteiger partial charge is 0.506 e. The molecule has 0 aliphatic carbocycles. The van der Waals surface area contributed by atoms with E-state index in [-0.39, 0.29) is 11.4 Å². The van der Waals surface area contributed by atoms with Gasteiger partial charge in [-0.2, -0.15) is 0 Å². The number of rotatable bonds is 4. The Morgan fingerprint density at radius 2 is 1.88 bits per heavy atom. The molecule has 1 aromatic carbocycles. The number of sulfone groups is 1. The molecule has 0 atom stereocenters. The van der Waals surface area contributed by atoms with Crippen LogP contribution in [0, 0.1) is 0 Å². The van der Waals surface area contributed by atoms with E-state index >= 15 is 0 Å². The Morgan fingerprint density at radius 1 is 1.29 bits per heavy atom. The normalized spacial score (nSPS) is 12.4. The topological polar surface area (TPSA) is 101 Å². The van der Waals surface area contributed by atoms with Gasteiger partial charge in [0.1, 0.15) is 5.75 Å². The fraction of sp³-hybridized carbons (Fsp3) is 0.250. The molecule has 0 aromatic heterocycles. The van der Waals surface area contributed by atoms with Crippen molar-refractivity contribution in [1.29, 1.82) is 0 Å². The van der Waals surface area contributed by atoms with Crippen molar-refractivity contribution in [1.82, 2.24) is 0 Å². The van der Waals surface area contributed by atoms with Crippen molar-refractivity contribution in [2.24, 2.45) is 0 Å². The summed E-state index contributed by atoms with van der Waals surface area (Å²) in [6, 6.07) is 4.13. The minimum Gasteiger partial charge on any atom is -0.506 e.